The molecule has 0 atom stereocenters. The number of alkyl halides is 1. The van der Waals surface area contributed by atoms with E-state index in [0.717, 1.165) is 0 Å². The zero-order valence-electron chi connectivity index (χ0n) is 8.99. The van der Waals surface area contributed by atoms with Gasteiger partial charge in [-0.05, 0) is 13.8 Å². The van der Waals surface area contributed by atoms with E-state index in [1.54, 1.807) is 0 Å². The Bertz CT molecular complexity index is 573. The van der Waals surface area contributed by atoms with Gasteiger partial charge < -0.3 is 0 Å². The van der Waals surface area contributed by atoms with Gasteiger partial charge >= 0.3 is 0 Å². The molecule has 0 aliphatic rings. The fourth-order valence-corrected chi connectivity index (χ4v) is 4.32. The van der Waals surface area contributed by atoms with Crippen LogP contribution in [0.25, 0.3) is 0 Å². The van der Waals surface area contributed by atoms with E-state index in [9.17, 15) is 8.42 Å². The number of hydrogen-bond acceptors (Lipinski definition) is 2. The van der Waals surface area contributed by atoms with Crippen molar-refractivity contribution in [2.45, 2.75) is 22.9 Å². The van der Waals surface area contributed by atoms with E-state index in [2.05, 4.69) is 0 Å². The first-order chi connectivity index (χ1) is 7.93. The summed E-state index contributed by atoms with van der Waals surface area (Å²) in [5, 5.41) is -1.09. The molecule has 0 bridgehead atoms. The van der Waals surface area contributed by atoms with Crippen LogP contribution in [0.1, 0.15) is 13.8 Å². The van der Waals surface area contributed by atoms with Gasteiger partial charge in [-0.3, -0.25) is 0 Å². The highest BCUT2D eigenvalue weighted by Crippen LogP contribution is 2.48. The van der Waals surface area contributed by atoms with Crippen molar-refractivity contribution in [1.82, 2.24) is 0 Å². The zero-order chi connectivity index (χ0) is 14.5. The molecule has 0 heterocycles. The van der Waals surface area contributed by atoms with E-state index in [1.165, 1.54) is 13.8 Å². The van der Waals surface area contributed by atoms with Gasteiger partial charge in [-0.2, -0.15) is 0 Å². The summed E-state index contributed by atoms with van der Waals surface area (Å²) in [7, 11) is -4.03. The van der Waals surface area contributed by atoms with E-state index in [0.29, 0.717) is 0 Å². The average Bonchev–Trinajstić information content (AvgIpc) is 2.22. The number of rotatable bonds is 2. The van der Waals surface area contributed by atoms with Gasteiger partial charge in [0.1, 0.15) is 9.10 Å². The van der Waals surface area contributed by atoms with Crippen molar-refractivity contribution >= 4 is 79.4 Å². The van der Waals surface area contributed by atoms with Crippen molar-refractivity contribution in [3.05, 3.63) is 25.1 Å². The zero-order valence-corrected chi connectivity index (χ0v) is 14.3. The van der Waals surface area contributed by atoms with Gasteiger partial charge in [0, 0.05) is 0 Å². The van der Waals surface area contributed by atoms with Crippen LogP contribution in [0.3, 0.4) is 0 Å². The van der Waals surface area contributed by atoms with Crippen molar-refractivity contribution in [2.75, 3.05) is 0 Å². The Morgan fingerprint density at radius 3 is 1.33 bits per heavy atom. The molecule has 0 radical (unpaired) electrons. The van der Waals surface area contributed by atoms with Crippen LogP contribution >= 0.6 is 69.6 Å². The number of halogens is 6. The third-order valence-electron chi connectivity index (χ3n) is 2.08. The monoisotopic (exact) mass is 388 g/mol. The van der Waals surface area contributed by atoms with E-state index in [-0.39, 0.29) is 25.1 Å². The highest BCUT2D eigenvalue weighted by molar-refractivity contribution is 7.94. The highest BCUT2D eigenvalue weighted by Gasteiger charge is 2.39. The first-order valence-corrected chi connectivity index (χ1v) is 8.13. The third-order valence-corrected chi connectivity index (χ3v) is 7.41. The van der Waals surface area contributed by atoms with Crippen LogP contribution in [-0.2, 0) is 9.84 Å². The fourth-order valence-electron chi connectivity index (χ4n) is 1.06. The highest BCUT2D eigenvalue weighted by atomic mass is 35.5. The molecule has 0 aromatic heterocycles. The SMILES string of the molecule is CC(C)(Cl)S(=O)(=O)c1c(Cl)c(Cl)c(Cl)c(Cl)c1Cl. The largest absolute Gasteiger partial charge is 0.222 e. The van der Waals surface area contributed by atoms with Gasteiger partial charge in [0.05, 0.1) is 25.1 Å². The van der Waals surface area contributed by atoms with Gasteiger partial charge in [-0.1, -0.05) is 58.0 Å². The summed E-state index contributed by atoms with van der Waals surface area (Å²) in [6.07, 6.45) is 0. The van der Waals surface area contributed by atoms with Crippen LogP contribution in [0.4, 0.5) is 0 Å². The fraction of sp³-hybridized carbons (Fsp3) is 0.333. The molecule has 102 valence electrons. The quantitative estimate of drug-likeness (QED) is 0.368. The molecule has 0 spiro atoms. The molecule has 0 fully saturated rings. The van der Waals surface area contributed by atoms with Crippen LogP contribution in [0, 0.1) is 0 Å². The first-order valence-electron chi connectivity index (χ1n) is 4.38. The Kier molecular flexibility index (Phi) is 5.05. The van der Waals surface area contributed by atoms with Gasteiger partial charge in [0.2, 0.25) is 0 Å². The molecule has 0 saturated heterocycles. The molecule has 0 aliphatic heterocycles. The van der Waals surface area contributed by atoms with Crippen molar-refractivity contribution in [3.8, 4) is 0 Å². The standard InChI is InChI=1S/C9H6Cl6O2S/c1-9(2,15)18(16,17)8-6(13)4(11)3(10)5(12)7(8)14/h1-2H3. The first kappa shape index (κ1) is 17.0. The number of benzene rings is 1. The number of hydrogen-bond donors (Lipinski definition) is 0. The smallest absolute Gasteiger partial charge is 0.200 e. The summed E-state index contributed by atoms with van der Waals surface area (Å²) >= 11 is 34.9. The summed E-state index contributed by atoms with van der Waals surface area (Å²) in [5.41, 5.74) is 0. The van der Waals surface area contributed by atoms with Gasteiger partial charge in [-0.25, -0.2) is 8.42 Å². The van der Waals surface area contributed by atoms with Crippen molar-refractivity contribution in [1.29, 1.82) is 0 Å². The van der Waals surface area contributed by atoms with Crippen LogP contribution in [-0.4, -0.2) is 12.6 Å². The molecule has 1 aromatic rings. The normalized spacial score (nSPS) is 12.9. The van der Waals surface area contributed by atoms with Crippen molar-refractivity contribution in [3.63, 3.8) is 0 Å². The summed E-state index contributed by atoms with van der Waals surface area (Å²) in [6.45, 7) is 2.57. The Labute approximate surface area is 135 Å². The maximum atomic E-state index is 12.2. The summed E-state index contributed by atoms with van der Waals surface area (Å²) in [5.74, 6) is 0. The van der Waals surface area contributed by atoms with E-state index in [1.807, 2.05) is 0 Å². The minimum absolute atomic E-state index is 0.111. The Hall–Kier alpha value is 0.910. The predicted octanol–water partition coefficient (Wildman–Crippen LogP) is 5.70. The number of sulfone groups is 1. The lowest BCUT2D eigenvalue weighted by Crippen LogP contribution is -2.26. The molecule has 1 aromatic carbocycles. The molecule has 0 aliphatic carbocycles. The molecule has 0 unspecified atom stereocenters. The lowest BCUT2D eigenvalue weighted by Gasteiger charge is -2.20. The van der Waals surface area contributed by atoms with Gasteiger partial charge in [-0.15, -0.1) is 11.6 Å². The molecule has 0 amide bonds. The molecular weight excluding hydrogens is 385 g/mol. The van der Waals surface area contributed by atoms with E-state index in [4.69, 9.17) is 69.6 Å². The van der Waals surface area contributed by atoms with E-state index < -0.39 is 18.9 Å². The third kappa shape index (κ3) is 2.69. The average molecular weight is 391 g/mol. The van der Waals surface area contributed by atoms with Crippen molar-refractivity contribution < 1.29 is 8.42 Å². The Morgan fingerprint density at radius 2 is 1.06 bits per heavy atom. The van der Waals surface area contributed by atoms with Gasteiger partial charge in [0.15, 0.2) is 9.84 Å². The van der Waals surface area contributed by atoms with Crippen molar-refractivity contribution in [2.24, 2.45) is 0 Å². The second kappa shape index (κ2) is 5.36. The van der Waals surface area contributed by atoms with E-state index >= 15 is 0 Å². The van der Waals surface area contributed by atoms with Gasteiger partial charge in [0.25, 0.3) is 0 Å². The summed E-state index contributed by atoms with van der Waals surface area (Å²) in [4.78, 5) is -0.426. The molecule has 2 nitrogen and oxygen atoms in total. The predicted molar refractivity (Wildman–Crippen MR) is 78.6 cm³/mol. The second-order valence-corrected chi connectivity index (χ2v) is 9.26. The summed E-state index contributed by atoms with van der Waals surface area (Å²) < 4.78 is 22.9. The topological polar surface area (TPSA) is 34.1 Å². The molecular formula is C9H6Cl6O2S. The maximum Gasteiger partial charge on any atom is 0.200 e. The summed E-state index contributed by atoms with van der Waals surface area (Å²) in [6, 6.07) is 0. The minimum Gasteiger partial charge on any atom is -0.222 e. The van der Waals surface area contributed by atoms with Crippen LogP contribution in [0.2, 0.25) is 25.1 Å². The lowest BCUT2D eigenvalue weighted by atomic mass is 10.3. The molecule has 9 heteroatoms. The molecule has 18 heavy (non-hydrogen) atoms. The Morgan fingerprint density at radius 1 is 0.778 bits per heavy atom. The van der Waals surface area contributed by atoms with Crippen LogP contribution < -0.4 is 0 Å². The molecule has 1 rings (SSSR count). The lowest BCUT2D eigenvalue weighted by molar-refractivity contribution is 0.581. The molecule has 0 N–H and O–H groups in total. The Balaban J connectivity index is 3.85. The van der Waals surface area contributed by atoms with Crippen LogP contribution in [0.15, 0.2) is 4.90 Å². The molecule has 0 saturated carbocycles. The maximum absolute atomic E-state index is 12.2. The minimum atomic E-state index is -4.03. The second-order valence-electron chi connectivity index (χ2n) is 3.77. The van der Waals surface area contributed by atoms with Crippen LogP contribution in [0.5, 0.6) is 0 Å².